The van der Waals surface area contributed by atoms with E-state index in [4.69, 9.17) is 0 Å². The summed E-state index contributed by atoms with van der Waals surface area (Å²) in [5.41, 5.74) is 3.22. The smallest absolute Gasteiger partial charge is 0.126 e. The van der Waals surface area contributed by atoms with Crippen LogP contribution < -0.4 is 5.32 Å². The summed E-state index contributed by atoms with van der Waals surface area (Å²) in [6, 6.07) is 4.02. The average Bonchev–Trinajstić information content (AvgIpc) is 3.14. The van der Waals surface area contributed by atoms with Crippen molar-refractivity contribution < 1.29 is 0 Å². The molecule has 7 heteroatoms. The molecular weight excluding hydrogens is 308 g/mol. The first-order chi connectivity index (χ1) is 11.1. The van der Waals surface area contributed by atoms with Crippen molar-refractivity contribution in [2.75, 3.05) is 19.4 Å². The van der Waals surface area contributed by atoms with E-state index >= 15 is 0 Å². The number of nitrogens with one attached hydrogen (secondary N) is 1. The van der Waals surface area contributed by atoms with Gasteiger partial charge in [0.2, 0.25) is 0 Å². The normalized spacial score (nSPS) is 11.1. The highest BCUT2D eigenvalue weighted by atomic mass is 32.1. The second kappa shape index (κ2) is 6.89. The third-order valence-electron chi connectivity index (χ3n) is 3.30. The van der Waals surface area contributed by atoms with E-state index in [9.17, 15) is 0 Å². The van der Waals surface area contributed by atoms with Gasteiger partial charge in [0, 0.05) is 36.9 Å². The first-order valence-electron chi connectivity index (χ1n) is 7.37. The molecule has 0 aliphatic carbocycles. The molecule has 23 heavy (non-hydrogen) atoms. The van der Waals surface area contributed by atoms with Crippen LogP contribution in [-0.4, -0.2) is 38.7 Å². The van der Waals surface area contributed by atoms with E-state index in [1.165, 1.54) is 0 Å². The minimum absolute atomic E-state index is 0.674. The van der Waals surface area contributed by atoms with E-state index < -0.39 is 0 Å². The second-order valence-corrected chi connectivity index (χ2v) is 6.60. The molecule has 0 aliphatic rings. The average molecular weight is 328 g/mol. The summed E-state index contributed by atoms with van der Waals surface area (Å²) in [5.74, 6) is 0.841. The first kappa shape index (κ1) is 15.6. The molecule has 3 heterocycles. The molecule has 0 bridgehead atoms. The van der Waals surface area contributed by atoms with Gasteiger partial charge in [-0.15, -0.1) is 11.3 Å². The Morgan fingerprint density at radius 3 is 2.91 bits per heavy atom. The number of thiazole rings is 1. The van der Waals surface area contributed by atoms with Crippen molar-refractivity contribution in [2.45, 2.75) is 13.1 Å². The highest BCUT2D eigenvalue weighted by Crippen LogP contribution is 2.20. The third kappa shape index (κ3) is 4.14. The molecule has 3 aromatic heterocycles. The Balaban J connectivity index is 1.65. The van der Waals surface area contributed by atoms with Crippen LogP contribution >= 0.6 is 11.3 Å². The number of hydrogen-bond donors (Lipinski definition) is 1. The van der Waals surface area contributed by atoms with Gasteiger partial charge in [-0.1, -0.05) is 0 Å². The fraction of sp³-hybridized carbons (Fsp3) is 0.312. The Bertz CT molecular complexity index is 776. The molecule has 0 radical (unpaired) electrons. The molecule has 0 amide bonds. The summed E-state index contributed by atoms with van der Waals surface area (Å²) < 4.78 is 1.80. The molecule has 0 spiro atoms. The van der Waals surface area contributed by atoms with Gasteiger partial charge in [0.15, 0.2) is 0 Å². The van der Waals surface area contributed by atoms with E-state index in [-0.39, 0.29) is 0 Å². The molecule has 0 fully saturated rings. The number of nitrogens with zero attached hydrogens (tertiary/aromatic N) is 5. The summed E-state index contributed by atoms with van der Waals surface area (Å²) in [6.07, 6.45) is 5.66. The SMILES string of the molecule is CN(C)Cc1nc(CNc2cc(-c3cnn(C)c3)ccn2)cs1. The van der Waals surface area contributed by atoms with Gasteiger partial charge < -0.3 is 10.2 Å². The van der Waals surface area contributed by atoms with Crippen LogP contribution in [-0.2, 0) is 20.1 Å². The number of aromatic nitrogens is 4. The van der Waals surface area contributed by atoms with E-state index in [1.54, 1.807) is 16.0 Å². The highest BCUT2D eigenvalue weighted by Gasteiger charge is 2.05. The predicted molar refractivity (Wildman–Crippen MR) is 93.3 cm³/mol. The lowest BCUT2D eigenvalue weighted by atomic mass is 10.1. The van der Waals surface area contributed by atoms with Gasteiger partial charge in [-0.2, -0.15) is 5.10 Å². The number of anilines is 1. The zero-order chi connectivity index (χ0) is 16.2. The first-order valence-corrected chi connectivity index (χ1v) is 8.25. The summed E-state index contributed by atoms with van der Waals surface area (Å²) in [5, 5.41) is 10.8. The van der Waals surface area contributed by atoms with Crippen LogP contribution in [0.5, 0.6) is 0 Å². The minimum atomic E-state index is 0.674. The van der Waals surface area contributed by atoms with Crippen LogP contribution in [0, 0.1) is 0 Å². The van der Waals surface area contributed by atoms with Gasteiger partial charge in [-0.3, -0.25) is 4.68 Å². The number of hydrogen-bond acceptors (Lipinski definition) is 6. The summed E-state index contributed by atoms with van der Waals surface area (Å²) in [7, 11) is 6.01. The molecule has 120 valence electrons. The van der Waals surface area contributed by atoms with Crippen molar-refractivity contribution in [3.63, 3.8) is 0 Å². The molecule has 0 aliphatic heterocycles. The van der Waals surface area contributed by atoms with Crippen molar-refractivity contribution in [3.05, 3.63) is 46.8 Å². The van der Waals surface area contributed by atoms with Gasteiger partial charge >= 0.3 is 0 Å². The third-order valence-corrected chi connectivity index (χ3v) is 4.18. The molecule has 3 rings (SSSR count). The van der Waals surface area contributed by atoms with E-state index in [0.717, 1.165) is 34.2 Å². The van der Waals surface area contributed by atoms with Crippen LogP contribution in [0.3, 0.4) is 0 Å². The van der Waals surface area contributed by atoms with Gasteiger partial charge in [0.05, 0.1) is 18.4 Å². The quantitative estimate of drug-likeness (QED) is 0.754. The van der Waals surface area contributed by atoms with Crippen molar-refractivity contribution in [2.24, 2.45) is 7.05 Å². The molecule has 0 saturated carbocycles. The summed E-state index contributed by atoms with van der Waals surface area (Å²) >= 11 is 1.69. The second-order valence-electron chi connectivity index (χ2n) is 5.66. The summed E-state index contributed by atoms with van der Waals surface area (Å²) in [6.45, 7) is 1.55. The monoisotopic (exact) mass is 328 g/mol. The van der Waals surface area contributed by atoms with E-state index in [2.05, 4.69) is 30.7 Å². The summed E-state index contributed by atoms with van der Waals surface area (Å²) in [4.78, 5) is 11.1. The van der Waals surface area contributed by atoms with Crippen LogP contribution in [0.25, 0.3) is 11.1 Å². The molecule has 0 saturated heterocycles. The van der Waals surface area contributed by atoms with Crippen molar-refractivity contribution in [3.8, 4) is 11.1 Å². The lowest BCUT2D eigenvalue weighted by Gasteiger charge is -2.06. The Morgan fingerprint density at radius 2 is 2.17 bits per heavy atom. The predicted octanol–water partition coefficient (Wildman–Crippen LogP) is 2.61. The Kier molecular flexibility index (Phi) is 4.68. The fourth-order valence-corrected chi connectivity index (χ4v) is 3.14. The topological polar surface area (TPSA) is 58.9 Å². The lowest BCUT2D eigenvalue weighted by molar-refractivity contribution is 0.401. The van der Waals surface area contributed by atoms with E-state index in [0.29, 0.717) is 6.54 Å². The Labute approximate surface area is 139 Å². The van der Waals surface area contributed by atoms with Gasteiger partial charge in [-0.05, 0) is 31.8 Å². The lowest BCUT2D eigenvalue weighted by Crippen LogP contribution is -2.10. The molecule has 0 aromatic carbocycles. The minimum Gasteiger partial charge on any atom is -0.364 e. The zero-order valence-electron chi connectivity index (χ0n) is 13.5. The Hall–Kier alpha value is -2.25. The van der Waals surface area contributed by atoms with Crippen molar-refractivity contribution in [1.29, 1.82) is 0 Å². The molecule has 6 nitrogen and oxygen atoms in total. The standard InChI is InChI=1S/C16H20N6S/c1-21(2)10-16-20-14(11-23-16)8-18-15-6-12(4-5-17-15)13-7-19-22(3)9-13/h4-7,9,11H,8,10H2,1-3H3,(H,17,18). The number of aryl methyl sites for hydroxylation is 1. The highest BCUT2D eigenvalue weighted by molar-refractivity contribution is 7.09. The van der Waals surface area contributed by atoms with Gasteiger partial charge in [-0.25, -0.2) is 9.97 Å². The molecule has 3 aromatic rings. The van der Waals surface area contributed by atoms with Crippen molar-refractivity contribution in [1.82, 2.24) is 24.6 Å². The van der Waals surface area contributed by atoms with Gasteiger partial charge in [0.1, 0.15) is 10.8 Å². The maximum Gasteiger partial charge on any atom is 0.126 e. The van der Waals surface area contributed by atoms with Gasteiger partial charge in [0.25, 0.3) is 0 Å². The molecule has 0 unspecified atom stereocenters. The Morgan fingerprint density at radius 1 is 1.30 bits per heavy atom. The van der Waals surface area contributed by atoms with Crippen LogP contribution in [0.2, 0.25) is 0 Å². The molecule has 1 N–H and O–H groups in total. The fourth-order valence-electron chi connectivity index (χ4n) is 2.23. The largest absolute Gasteiger partial charge is 0.364 e. The van der Waals surface area contributed by atoms with Crippen molar-refractivity contribution >= 4 is 17.2 Å². The number of rotatable bonds is 6. The maximum absolute atomic E-state index is 4.62. The maximum atomic E-state index is 4.62. The van der Waals surface area contributed by atoms with E-state index in [1.807, 2.05) is 51.9 Å². The van der Waals surface area contributed by atoms with Crippen LogP contribution in [0.4, 0.5) is 5.82 Å². The zero-order valence-corrected chi connectivity index (χ0v) is 14.3. The molecule has 0 atom stereocenters. The van der Waals surface area contributed by atoms with Crippen LogP contribution in [0.1, 0.15) is 10.7 Å². The number of pyridine rings is 1. The molecular formula is C16H20N6S. The van der Waals surface area contributed by atoms with Crippen LogP contribution in [0.15, 0.2) is 36.1 Å².